The third-order valence-electron chi connectivity index (χ3n) is 2.37. The number of hydrogen-bond acceptors (Lipinski definition) is 4. The number of ether oxygens (including phenoxy) is 1. The average Bonchev–Trinajstić information content (AvgIpc) is 2.31. The first-order valence-electron chi connectivity index (χ1n) is 5.63. The average molecular weight is 306 g/mol. The number of non-ortho nitro benzene ring substituents is 1. The van der Waals surface area contributed by atoms with Crippen LogP contribution in [0.15, 0.2) is 12.1 Å². The number of nitrogens with zero attached hydrogens (tertiary/aromatic N) is 1. The van der Waals surface area contributed by atoms with Crippen LogP contribution >= 0.6 is 23.2 Å². The van der Waals surface area contributed by atoms with E-state index < -0.39 is 10.9 Å². The van der Waals surface area contributed by atoms with Crippen LogP contribution in [0.4, 0.5) is 5.69 Å². The Labute approximate surface area is 120 Å². The smallest absolute Gasteiger partial charge is 0.339 e. The molecule has 0 fully saturated rings. The van der Waals surface area contributed by atoms with Gasteiger partial charge in [-0.2, -0.15) is 0 Å². The molecule has 0 saturated heterocycles. The molecule has 0 aliphatic carbocycles. The zero-order valence-corrected chi connectivity index (χ0v) is 12.0. The van der Waals surface area contributed by atoms with Gasteiger partial charge in [0.25, 0.3) is 5.69 Å². The maximum absolute atomic E-state index is 11.8. The molecule has 0 aromatic heterocycles. The topological polar surface area (TPSA) is 69.4 Å². The van der Waals surface area contributed by atoms with E-state index in [0.717, 1.165) is 12.1 Å². The van der Waals surface area contributed by atoms with Crippen LogP contribution in [-0.2, 0) is 4.74 Å². The zero-order valence-electron chi connectivity index (χ0n) is 10.5. The van der Waals surface area contributed by atoms with Crippen molar-refractivity contribution in [3.8, 4) is 0 Å². The minimum Gasteiger partial charge on any atom is -0.462 e. The standard InChI is InChI=1S/C12H13Cl2NO4/c1-7(2)3-4-19-12(16)9-5-8(15(17)18)6-10(13)11(9)14/h5-7H,3-4H2,1-2H3. The van der Waals surface area contributed by atoms with Gasteiger partial charge in [0.15, 0.2) is 0 Å². The van der Waals surface area contributed by atoms with Crippen LogP contribution in [0, 0.1) is 16.0 Å². The van der Waals surface area contributed by atoms with E-state index in [0.29, 0.717) is 12.3 Å². The van der Waals surface area contributed by atoms with Crippen molar-refractivity contribution in [2.24, 2.45) is 5.92 Å². The summed E-state index contributed by atoms with van der Waals surface area (Å²) >= 11 is 11.6. The molecule has 0 amide bonds. The maximum Gasteiger partial charge on any atom is 0.339 e. The van der Waals surface area contributed by atoms with Crippen LogP contribution in [0.3, 0.4) is 0 Å². The first kappa shape index (κ1) is 15.7. The lowest BCUT2D eigenvalue weighted by atomic mass is 10.1. The van der Waals surface area contributed by atoms with Crippen molar-refractivity contribution in [3.63, 3.8) is 0 Å². The SMILES string of the molecule is CC(C)CCOC(=O)c1cc([N+](=O)[O-])cc(Cl)c1Cl. The third kappa shape index (κ3) is 4.36. The molecular weight excluding hydrogens is 293 g/mol. The molecule has 0 bridgehead atoms. The Morgan fingerprint density at radius 1 is 1.42 bits per heavy atom. The number of esters is 1. The van der Waals surface area contributed by atoms with Crippen LogP contribution in [0.1, 0.15) is 30.6 Å². The Morgan fingerprint density at radius 2 is 2.05 bits per heavy atom. The molecule has 5 nitrogen and oxygen atoms in total. The van der Waals surface area contributed by atoms with Gasteiger partial charge in [0, 0.05) is 12.1 Å². The molecule has 0 aliphatic heterocycles. The van der Waals surface area contributed by atoms with Crippen molar-refractivity contribution >= 4 is 34.9 Å². The fourth-order valence-corrected chi connectivity index (χ4v) is 1.69. The van der Waals surface area contributed by atoms with E-state index >= 15 is 0 Å². The molecule has 0 N–H and O–H groups in total. The number of nitro benzene ring substituents is 1. The molecule has 104 valence electrons. The Bertz CT molecular complexity index is 503. The van der Waals surface area contributed by atoms with Gasteiger partial charge in [-0.15, -0.1) is 0 Å². The van der Waals surface area contributed by atoms with Crippen molar-refractivity contribution in [1.82, 2.24) is 0 Å². The number of nitro groups is 1. The van der Waals surface area contributed by atoms with E-state index in [-0.39, 0.29) is 27.9 Å². The minimum atomic E-state index is -0.712. The van der Waals surface area contributed by atoms with Gasteiger partial charge >= 0.3 is 5.97 Å². The Morgan fingerprint density at radius 3 is 2.58 bits per heavy atom. The summed E-state index contributed by atoms with van der Waals surface area (Å²) < 4.78 is 5.00. The Balaban J connectivity index is 2.92. The molecule has 0 atom stereocenters. The van der Waals surface area contributed by atoms with Gasteiger partial charge in [-0.3, -0.25) is 10.1 Å². The predicted molar refractivity (Wildman–Crippen MR) is 72.9 cm³/mol. The van der Waals surface area contributed by atoms with Crippen molar-refractivity contribution < 1.29 is 14.5 Å². The summed E-state index contributed by atoms with van der Waals surface area (Å²) in [6.07, 6.45) is 0.700. The second-order valence-electron chi connectivity index (χ2n) is 4.36. The first-order valence-corrected chi connectivity index (χ1v) is 6.39. The van der Waals surface area contributed by atoms with Gasteiger partial charge < -0.3 is 4.74 Å². The summed E-state index contributed by atoms with van der Waals surface area (Å²) in [7, 11) is 0. The van der Waals surface area contributed by atoms with Gasteiger partial charge in [-0.05, 0) is 12.3 Å². The normalized spacial score (nSPS) is 10.6. The monoisotopic (exact) mass is 305 g/mol. The van der Waals surface area contributed by atoms with Crippen LogP contribution < -0.4 is 0 Å². The summed E-state index contributed by atoms with van der Waals surface area (Å²) in [5.74, 6) is -0.326. The van der Waals surface area contributed by atoms with E-state index in [1.807, 2.05) is 13.8 Å². The molecule has 1 rings (SSSR count). The number of benzene rings is 1. The molecule has 1 aromatic carbocycles. The van der Waals surface area contributed by atoms with Crippen LogP contribution in [0.5, 0.6) is 0 Å². The molecule has 0 saturated carbocycles. The molecule has 0 unspecified atom stereocenters. The van der Waals surface area contributed by atoms with E-state index in [1.165, 1.54) is 0 Å². The Hall–Kier alpha value is -1.33. The first-order chi connectivity index (χ1) is 8.82. The molecule has 1 aromatic rings. The fourth-order valence-electron chi connectivity index (χ4n) is 1.29. The molecule has 0 spiro atoms. The summed E-state index contributed by atoms with van der Waals surface area (Å²) in [5, 5.41) is 10.6. The zero-order chi connectivity index (χ0) is 14.6. The van der Waals surface area contributed by atoms with Gasteiger partial charge in [0.05, 0.1) is 27.1 Å². The van der Waals surface area contributed by atoms with Crippen LogP contribution in [0.2, 0.25) is 10.0 Å². The Kier molecular flexibility index (Phi) is 5.57. The molecular formula is C12H13Cl2NO4. The number of rotatable bonds is 5. The quantitative estimate of drug-likeness (QED) is 0.466. The van der Waals surface area contributed by atoms with E-state index in [4.69, 9.17) is 27.9 Å². The fraction of sp³-hybridized carbons (Fsp3) is 0.417. The molecule has 0 radical (unpaired) electrons. The van der Waals surface area contributed by atoms with Crippen molar-refractivity contribution in [1.29, 1.82) is 0 Å². The van der Waals surface area contributed by atoms with Crippen LogP contribution in [0.25, 0.3) is 0 Å². The maximum atomic E-state index is 11.8. The largest absolute Gasteiger partial charge is 0.462 e. The van der Waals surface area contributed by atoms with E-state index in [1.54, 1.807) is 0 Å². The number of carbonyl (C=O) groups excluding carboxylic acids is 1. The van der Waals surface area contributed by atoms with Gasteiger partial charge in [-0.1, -0.05) is 37.0 Å². The highest BCUT2D eigenvalue weighted by Crippen LogP contribution is 2.31. The molecule has 0 heterocycles. The second kappa shape index (κ2) is 6.73. The van der Waals surface area contributed by atoms with E-state index in [9.17, 15) is 14.9 Å². The van der Waals surface area contributed by atoms with Gasteiger partial charge in [0.1, 0.15) is 0 Å². The lowest BCUT2D eigenvalue weighted by molar-refractivity contribution is -0.384. The number of hydrogen-bond donors (Lipinski definition) is 0. The lowest BCUT2D eigenvalue weighted by Gasteiger charge is -2.08. The second-order valence-corrected chi connectivity index (χ2v) is 5.15. The minimum absolute atomic E-state index is 0.0400. The van der Waals surface area contributed by atoms with Crippen molar-refractivity contribution in [2.75, 3.05) is 6.61 Å². The lowest BCUT2D eigenvalue weighted by Crippen LogP contribution is -2.09. The van der Waals surface area contributed by atoms with Crippen molar-refractivity contribution in [2.45, 2.75) is 20.3 Å². The van der Waals surface area contributed by atoms with Crippen molar-refractivity contribution in [3.05, 3.63) is 37.9 Å². The highest BCUT2D eigenvalue weighted by atomic mass is 35.5. The summed E-state index contributed by atoms with van der Waals surface area (Å²) in [6, 6.07) is 2.15. The predicted octanol–water partition coefficient (Wildman–Crippen LogP) is 4.10. The summed E-state index contributed by atoms with van der Waals surface area (Å²) in [6.45, 7) is 4.21. The summed E-state index contributed by atoms with van der Waals surface area (Å²) in [4.78, 5) is 21.8. The number of carbonyl (C=O) groups is 1. The highest BCUT2D eigenvalue weighted by Gasteiger charge is 2.20. The molecule has 7 heteroatoms. The number of halogens is 2. The van der Waals surface area contributed by atoms with Crippen LogP contribution in [-0.4, -0.2) is 17.5 Å². The molecule has 19 heavy (non-hydrogen) atoms. The molecule has 0 aliphatic rings. The van der Waals surface area contributed by atoms with Gasteiger partial charge in [-0.25, -0.2) is 4.79 Å². The van der Waals surface area contributed by atoms with Gasteiger partial charge in [0.2, 0.25) is 0 Å². The third-order valence-corrected chi connectivity index (χ3v) is 3.17. The summed E-state index contributed by atoms with van der Waals surface area (Å²) in [5.41, 5.74) is -0.394. The highest BCUT2D eigenvalue weighted by molar-refractivity contribution is 6.43. The van der Waals surface area contributed by atoms with E-state index in [2.05, 4.69) is 0 Å².